The number of carbonyl (C=O) groups excluding carboxylic acids is 1. The van der Waals surface area contributed by atoms with E-state index in [0.29, 0.717) is 22.3 Å². The van der Waals surface area contributed by atoms with Gasteiger partial charge in [-0.2, -0.15) is 0 Å². The van der Waals surface area contributed by atoms with E-state index in [1.54, 1.807) is 26.4 Å². The molecule has 1 amide bonds. The Morgan fingerprint density at radius 3 is 2.78 bits per heavy atom. The standard InChI is InChI=1S/C15H19N3O4S/c1-20-7-11(16)14(19)18-15-17-12(8-23-15)10-6-9(21-2)4-5-13(10)22-3/h4-6,8,11H,7,16H2,1-3H3,(H,17,18,19). The molecule has 0 saturated carbocycles. The summed E-state index contributed by atoms with van der Waals surface area (Å²) in [6, 6.07) is 4.70. The molecule has 3 N–H and O–H groups in total. The zero-order chi connectivity index (χ0) is 16.8. The Morgan fingerprint density at radius 2 is 2.13 bits per heavy atom. The number of nitrogens with two attached hydrogens (primary N) is 1. The fourth-order valence-corrected chi connectivity index (χ4v) is 2.64. The van der Waals surface area contributed by atoms with E-state index in [1.807, 2.05) is 11.4 Å². The molecule has 0 aliphatic carbocycles. The van der Waals surface area contributed by atoms with Crippen molar-refractivity contribution in [2.24, 2.45) is 5.73 Å². The lowest BCUT2D eigenvalue weighted by Gasteiger charge is -2.09. The van der Waals surface area contributed by atoms with Gasteiger partial charge in [0.2, 0.25) is 5.91 Å². The summed E-state index contributed by atoms with van der Waals surface area (Å²) in [5.41, 5.74) is 7.14. The molecule has 0 radical (unpaired) electrons. The maximum atomic E-state index is 11.9. The third kappa shape index (κ3) is 4.19. The average molecular weight is 337 g/mol. The largest absolute Gasteiger partial charge is 0.497 e. The molecule has 0 aliphatic heterocycles. The summed E-state index contributed by atoms with van der Waals surface area (Å²) in [7, 11) is 4.67. The first-order chi connectivity index (χ1) is 11.1. The van der Waals surface area contributed by atoms with Gasteiger partial charge in [0.15, 0.2) is 5.13 Å². The second-order valence-corrected chi connectivity index (χ2v) is 5.51. The monoisotopic (exact) mass is 337 g/mol. The van der Waals surface area contributed by atoms with Crippen molar-refractivity contribution in [1.29, 1.82) is 0 Å². The van der Waals surface area contributed by atoms with Crippen LogP contribution in [-0.2, 0) is 9.53 Å². The molecule has 0 spiro atoms. The van der Waals surface area contributed by atoms with Crippen molar-refractivity contribution in [3.8, 4) is 22.8 Å². The number of hydrogen-bond donors (Lipinski definition) is 2. The van der Waals surface area contributed by atoms with E-state index < -0.39 is 6.04 Å². The van der Waals surface area contributed by atoms with E-state index in [2.05, 4.69) is 10.3 Å². The molecule has 0 bridgehead atoms. The van der Waals surface area contributed by atoms with Crippen LogP contribution in [0.3, 0.4) is 0 Å². The van der Waals surface area contributed by atoms with Gasteiger partial charge in [0.05, 0.1) is 26.5 Å². The van der Waals surface area contributed by atoms with Gasteiger partial charge in [0.1, 0.15) is 17.5 Å². The highest BCUT2D eigenvalue weighted by atomic mass is 32.1. The molecule has 0 saturated heterocycles. The van der Waals surface area contributed by atoms with Gasteiger partial charge >= 0.3 is 0 Å². The quantitative estimate of drug-likeness (QED) is 0.799. The van der Waals surface area contributed by atoms with Gasteiger partial charge in [0.25, 0.3) is 0 Å². The summed E-state index contributed by atoms with van der Waals surface area (Å²) in [5, 5.41) is 4.96. The number of ether oxygens (including phenoxy) is 3. The number of benzene rings is 1. The van der Waals surface area contributed by atoms with Crippen LogP contribution in [0.4, 0.5) is 5.13 Å². The number of carbonyl (C=O) groups is 1. The van der Waals surface area contributed by atoms with Gasteiger partial charge in [-0.3, -0.25) is 4.79 Å². The highest BCUT2D eigenvalue weighted by Crippen LogP contribution is 2.34. The van der Waals surface area contributed by atoms with Crippen molar-refractivity contribution < 1.29 is 19.0 Å². The van der Waals surface area contributed by atoms with Crippen molar-refractivity contribution in [2.75, 3.05) is 33.3 Å². The number of nitrogens with one attached hydrogen (secondary N) is 1. The van der Waals surface area contributed by atoms with E-state index in [-0.39, 0.29) is 12.5 Å². The van der Waals surface area contributed by atoms with E-state index in [1.165, 1.54) is 18.4 Å². The van der Waals surface area contributed by atoms with E-state index >= 15 is 0 Å². The lowest BCUT2D eigenvalue weighted by Crippen LogP contribution is -2.39. The van der Waals surface area contributed by atoms with Gasteiger partial charge in [-0.1, -0.05) is 0 Å². The van der Waals surface area contributed by atoms with Crippen LogP contribution in [0.5, 0.6) is 11.5 Å². The number of methoxy groups -OCH3 is 3. The maximum Gasteiger partial charge on any atom is 0.245 e. The lowest BCUT2D eigenvalue weighted by molar-refractivity contribution is -0.118. The Hall–Kier alpha value is -2.16. The molecule has 1 atom stereocenters. The topological polar surface area (TPSA) is 95.7 Å². The lowest BCUT2D eigenvalue weighted by atomic mass is 10.1. The van der Waals surface area contributed by atoms with Crippen LogP contribution in [0.25, 0.3) is 11.3 Å². The highest BCUT2D eigenvalue weighted by Gasteiger charge is 2.16. The number of amides is 1. The number of thiazole rings is 1. The van der Waals surface area contributed by atoms with Crippen molar-refractivity contribution in [1.82, 2.24) is 4.98 Å². The maximum absolute atomic E-state index is 11.9. The van der Waals surface area contributed by atoms with Gasteiger partial charge in [-0.25, -0.2) is 4.98 Å². The minimum absolute atomic E-state index is 0.147. The summed E-state index contributed by atoms with van der Waals surface area (Å²) in [6.45, 7) is 0.147. The second kappa shape index (κ2) is 7.91. The Labute approximate surface area is 138 Å². The number of rotatable bonds is 7. The van der Waals surface area contributed by atoms with Gasteiger partial charge in [-0.15, -0.1) is 11.3 Å². The van der Waals surface area contributed by atoms with Crippen molar-refractivity contribution >= 4 is 22.4 Å². The number of anilines is 1. The molecule has 0 aliphatic rings. The van der Waals surface area contributed by atoms with Gasteiger partial charge in [0, 0.05) is 18.1 Å². The third-order valence-electron chi connectivity index (χ3n) is 3.10. The molecule has 23 heavy (non-hydrogen) atoms. The molecule has 2 rings (SSSR count). The first-order valence-corrected chi connectivity index (χ1v) is 7.70. The summed E-state index contributed by atoms with van der Waals surface area (Å²) < 4.78 is 15.4. The Kier molecular flexibility index (Phi) is 5.91. The molecule has 1 heterocycles. The summed E-state index contributed by atoms with van der Waals surface area (Å²) in [4.78, 5) is 16.3. The van der Waals surface area contributed by atoms with E-state index in [0.717, 1.165) is 5.56 Å². The minimum Gasteiger partial charge on any atom is -0.497 e. The normalized spacial score (nSPS) is 11.8. The molecule has 1 aromatic heterocycles. The van der Waals surface area contributed by atoms with Crippen LogP contribution in [0, 0.1) is 0 Å². The SMILES string of the molecule is COCC(N)C(=O)Nc1nc(-c2cc(OC)ccc2OC)cs1. The van der Waals surface area contributed by atoms with Gasteiger partial charge in [-0.05, 0) is 18.2 Å². The molecule has 2 aromatic rings. The zero-order valence-corrected chi connectivity index (χ0v) is 14.0. The van der Waals surface area contributed by atoms with E-state index in [4.69, 9.17) is 19.9 Å². The highest BCUT2D eigenvalue weighted by molar-refractivity contribution is 7.14. The van der Waals surface area contributed by atoms with Crippen LogP contribution >= 0.6 is 11.3 Å². The molecule has 1 aromatic carbocycles. The first-order valence-electron chi connectivity index (χ1n) is 6.82. The molecule has 124 valence electrons. The second-order valence-electron chi connectivity index (χ2n) is 4.66. The Bertz CT molecular complexity index is 674. The molecule has 0 fully saturated rings. The van der Waals surface area contributed by atoms with Gasteiger partial charge < -0.3 is 25.3 Å². The van der Waals surface area contributed by atoms with E-state index in [9.17, 15) is 4.79 Å². The van der Waals surface area contributed by atoms with Crippen molar-refractivity contribution in [3.63, 3.8) is 0 Å². The van der Waals surface area contributed by atoms with Crippen molar-refractivity contribution in [3.05, 3.63) is 23.6 Å². The van der Waals surface area contributed by atoms with Crippen LogP contribution in [-0.4, -0.2) is 44.9 Å². The molecular weight excluding hydrogens is 318 g/mol. The summed E-state index contributed by atoms with van der Waals surface area (Å²) >= 11 is 1.31. The van der Waals surface area contributed by atoms with Crippen LogP contribution in [0.15, 0.2) is 23.6 Å². The third-order valence-corrected chi connectivity index (χ3v) is 3.86. The molecule has 8 heteroatoms. The summed E-state index contributed by atoms with van der Waals surface area (Å²) in [5.74, 6) is 1.02. The summed E-state index contributed by atoms with van der Waals surface area (Å²) in [6.07, 6.45) is 0. The number of aromatic nitrogens is 1. The van der Waals surface area contributed by atoms with Crippen LogP contribution < -0.4 is 20.5 Å². The Morgan fingerprint density at radius 1 is 1.35 bits per heavy atom. The van der Waals surface area contributed by atoms with Crippen LogP contribution in [0.1, 0.15) is 0 Å². The van der Waals surface area contributed by atoms with Crippen LogP contribution in [0.2, 0.25) is 0 Å². The fraction of sp³-hybridized carbons (Fsp3) is 0.333. The fourth-order valence-electron chi connectivity index (χ4n) is 1.92. The number of nitrogens with zero attached hydrogens (tertiary/aromatic N) is 1. The molecule has 1 unspecified atom stereocenters. The predicted octanol–water partition coefficient (Wildman–Crippen LogP) is 1.74. The Balaban J connectivity index is 2.20. The smallest absolute Gasteiger partial charge is 0.245 e. The molecule has 7 nitrogen and oxygen atoms in total. The zero-order valence-electron chi connectivity index (χ0n) is 13.2. The molecular formula is C15H19N3O4S. The predicted molar refractivity (Wildman–Crippen MR) is 89.1 cm³/mol. The minimum atomic E-state index is -0.737. The van der Waals surface area contributed by atoms with Crippen molar-refractivity contribution in [2.45, 2.75) is 6.04 Å². The average Bonchev–Trinajstić information content (AvgIpc) is 3.02. The number of hydrogen-bond acceptors (Lipinski definition) is 7. The first kappa shape index (κ1) is 17.2.